The number of nitrogens with zero attached hydrogens (tertiary/aromatic N) is 2. The Kier molecular flexibility index (Phi) is 5.79. The molecule has 0 radical (unpaired) electrons. The quantitative estimate of drug-likeness (QED) is 0.854. The highest BCUT2D eigenvalue weighted by molar-refractivity contribution is 5.78. The SMILES string of the molecule is Cc1nn(C)cc1[C@@H](C)NC(=O)[C@H](C)CCOc1ccccc1. The van der Waals surface area contributed by atoms with Gasteiger partial charge in [-0.05, 0) is 32.4 Å². The van der Waals surface area contributed by atoms with Crippen molar-refractivity contribution in [3.63, 3.8) is 0 Å². The summed E-state index contributed by atoms with van der Waals surface area (Å²) < 4.78 is 7.41. The molecule has 0 aliphatic carbocycles. The van der Waals surface area contributed by atoms with Gasteiger partial charge in [-0.1, -0.05) is 25.1 Å². The Morgan fingerprint density at radius 2 is 2.00 bits per heavy atom. The van der Waals surface area contributed by atoms with Crippen LogP contribution in [0.4, 0.5) is 0 Å². The molecule has 0 unspecified atom stereocenters. The molecule has 2 aromatic rings. The summed E-state index contributed by atoms with van der Waals surface area (Å²) in [6, 6.07) is 9.60. The van der Waals surface area contributed by atoms with Gasteiger partial charge in [0.25, 0.3) is 0 Å². The molecule has 1 N–H and O–H groups in total. The van der Waals surface area contributed by atoms with Crippen LogP contribution < -0.4 is 10.1 Å². The van der Waals surface area contributed by atoms with Crippen molar-refractivity contribution in [1.29, 1.82) is 0 Å². The maximum absolute atomic E-state index is 12.3. The number of carbonyl (C=O) groups excluding carboxylic acids is 1. The first kappa shape index (κ1) is 17.1. The second kappa shape index (κ2) is 7.81. The number of rotatable bonds is 7. The topological polar surface area (TPSA) is 56.2 Å². The lowest BCUT2D eigenvalue weighted by molar-refractivity contribution is -0.125. The molecule has 0 spiro atoms. The number of ether oxygens (including phenoxy) is 1. The summed E-state index contributed by atoms with van der Waals surface area (Å²) in [7, 11) is 1.88. The van der Waals surface area contributed by atoms with E-state index in [1.807, 2.05) is 64.3 Å². The van der Waals surface area contributed by atoms with Gasteiger partial charge in [0.1, 0.15) is 5.75 Å². The zero-order valence-corrected chi connectivity index (χ0v) is 14.2. The fourth-order valence-electron chi connectivity index (χ4n) is 2.48. The van der Waals surface area contributed by atoms with Crippen LogP contribution >= 0.6 is 0 Å². The van der Waals surface area contributed by atoms with Gasteiger partial charge in [-0.2, -0.15) is 5.10 Å². The maximum Gasteiger partial charge on any atom is 0.223 e. The van der Waals surface area contributed by atoms with Crippen LogP contribution in [0.3, 0.4) is 0 Å². The highest BCUT2D eigenvalue weighted by atomic mass is 16.5. The second-order valence-electron chi connectivity index (χ2n) is 5.93. The van der Waals surface area contributed by atoms with Gasteiger partial charge in [0.05, 0.1) is 18.3 Å². The molecule has 1 aromatic carbocycles. The number of aryl methyl sites for hydroxylation is 2. The number of amides is 1. The molecule has 0 bridgehead atoms. The lowest BCUT2D eigenvalue weighted by atomic mass is 10.1. The predicted molar refractivity (Wildman–Crippen MR) is 90.2 cm³/mol. The van der Waals surface area contributed by atoms with E-state index in [9.17, 15) is 4.79 Å². The predicted octanol–water partition coefficient (Wildman–Crippen LogP) is 3.01. The Morgan fingerprint density at radius 1 is 1.30 bits per heavy atom. The minimum Gasteiger partial charge on any atom is -0.494 e. The van der Waals surface area contributed by atoms with Crippen molar-refractivity contribution in [2.45, 2.75) is 33.2 Å². The first-order valence-electron chi connectivity index (χ1n) is 7.95. The van der Waals surface area contributed by atoms with Gasteiger partial charge in [-0.25, -0.2) is 0 Å². The monoisotopic (exact) mass is 315 g/mol. The standard InChI is InChI=1S/C18H25N3O2/c1-13(10-11-23-16-8-6-5-7-9-16)18(22)19-14(2)17-12-21(4)20-15(17)3/h5-9,12-14H,10-11H2,1-4H3,(H,19,22)/t13-,14-/m1/s1. The van der Waals surface area contributed by atoms with Gasteiger partial charge in [0.15, 0.2) is 0 Å². The molecule has 0 saturated heterocycles. The molecule has 1 heterocycles. The van der Waals surface area contributed by atoms with Gasteiger partial charge < -0.3 is 10.1 Å². The van der Waals surface area contributed by atoms with E-state index in [4.69, 9.17) is 4.74 Å². The molecule has 0 aliphatic heterocycles. The number of aromatic nitrogens is 2. The molecule has 23 heavy (non-hydrogen) atoms. The largest absolute Gasteiger partial charge is 0.494 e. The third kappa shape index (κ3) is 4.84. The Morgan fingerprint density at radius 3 is 2.61 bits per heavy atom. The summed E-state index contributed by atoms with van der Waals surface area (Å²) in [4.78, 5) is 12.3. The van der Waals surface area contributed by atoms with E-state index >= 15 is 0 Å². The average molecular weight is 315 g/mol. The number of hydrogen-bond donors (Lipinski definition) is 1. The fraction of sp³-hybridized carbons (Fsp3) is 0.444. The van der Waals surface area contributed by atoms with Gasteiger partial charge in [-0.3, -0.25) is 9.48 Å². The molecule has 0 saturated carbocycles. The van der Waals surface area contributed by atoms with Crippen molar-refractivity contribution < 1.29 is 9.53 Å². The zero-order chi connectivity index (χ0) is 16.8. The highest BCUT2D eigenvalue weighted by Crippen LogP contribution is 2.17. The number of benzene rings is 1. The van der Waals surface area contributed by atoms with E-state index in [2.05, 4.69) is 10.4 Å². The van der Waals surface area contributed by atoms with Crippen molar-refractivity contribution in [3.05, 3.63) is 47.8 Å². The first-order chi connectivity index (χ1) is 11.0. The highest BCUT2D eigenvalue weighted by Gasteiger charge is 2.18. The third-order valence-electron chi connectivity index (χ3n) is 3.89. The number of nitrogens with one attached hydrogen (secondary N) is 1. The van der Waals surface area contributed by atoms with Crippen LogP contribution in [0.5, 0.6) is 5.75 Å². The van der Waals surface area contributed by atoms with Crippen LogP contribution in [0.2, 0.25) is 0 Å². The summed E-state index contributed by atoms with van der Waals surface area (Å²) in [5.41, 5.74) is 1.99. The maximum atomic E-state index is 12.3. The van der Waals surface area contributed by atoms with Crippen LogP contribution in [0.25, 0.3) is 0 Å². The molecule has 0 aliphatic rings. The molecule has 0 fully saturated rings. The molecule has 124 valence electrons. The Balaban J connectivity index is 1.79. The lowest BCUT2D eigenvalue weighted by Gasteiger charge is -2.17. The summed E-state index contributed by atoms with van der Waals surface area (Å²) >= 11 is 0. The number of carbonyl (C=O) groups is 1. The average Bonchev–Trinajstić information content (AvgIpc) is 2.87. The summed E-state index contributed by atoms with van der Waals surface area (Å²) in [5, 5.41) is 7.36. The second-order valence-corrected chi connectivity index (χ2v) is 5.93. The Labute approximate surface area is 137 Å². The van der Waals surface area contributed by atoms with E-state index in [1.165, 1.54) is 0 Å². The van der Waals surface area contributed by atoms with Crippen molar-refractivity contribution in [2.24, 2.45) is 13.0 Å². The van der Waals surface area contributed by atoms with Gasteiger partial charge in [0, 0.05) is 24.7 Å². The molecule has 2 rings (SSSR count). The van der Waals surface area contributed by atoms with Crippen LogP contribution in [0.1, 0.15) is 37.6 Å². The molecular formula is C18H25N3O2. The Bertz CT molecular complexity index is 637. The fourth-order valence-corrected chi connectivity index (χ4v) is 2.48. The third-order valence-corrected chi connectivity index (χ3v) is 3.89. The molecular weight excluding hydrogens is 290 g/mol. The van der Waals surface area contributed by atoms with E-state index < -0.39 is 0 Å². The zero-order valence-electron chi connectivity index (χ0n) is 14.2. The van der Waals surface area contributed by atoms with E-state index in [-0.39, 0.29) is 17.9 Å². The van der Waals surface area contributed by atoms with Crippen molar-refractivity contribution in [1.82, 2.24) is 15.1 Å². The van der Waals surface area contributed by atoms with E-state index in [0.29, 0.717) is 13.0 Å². The normalized spacial score (nSPS) is 13.4. The number of para-hydroxylation sites is 1. The first-order valence-corrected chi connectivity index (χ1v) is 7.95. The summed E-state index contributed by atoms with van der Waals surface area (Å²) in [6.45, 7) is 6.38. The van der Waals surface area contributed by atoms with Crippen LogP contribution in [0, 0.1) is 12.8 Å². The van der Waals surface area contributed by atoms with Crippen molar-refractivity contribution >= 4 is 5.91 Å². The summed E-state index contributed by atoms with van der Waals surface area (Å²) in [6.07, 6.45) is 2.63. The van der Waals surface area contributed by atoms with Gasteiger partial charge in [-0.15, -0.1) is 0 Å². The molecule has 1 aromatic heterocycles. The Hall–Kier alpha value is -2.30. The summed E-state index contributed by atoms with van der Waals surface area (Å²) in [5.74, 6) is 0.773. The van der Waals surface area contributed by atoms with E-state index in [1.54, 1.807) is 4.68 Å². The van der Waals surface area contributed by atoms with Crippen LogP contribution in [-0.2, 0) is 11.8 Å². The smallest absolute Gasteiger partial charge is 0.223 e. The molecule has 5 heteroatoms. The molecule has 1 amide bonds. The molecule has 5 nitrogen and oxygen atoms in total. The van der Waals surface area contributed by atoms with Crippen molar-refractivity contribution in [3.8, 4) is 5.75 Å². The minimum absolute atomic E-state index is 0.0393. The number of hydrogen-bond acceptors (Lipinski definition) is 3. The van der Waals surface area contributed by atoms with Gasteiger partial charge >= 0.3 is 0 Å². The van der Waals surface area contributed by atoms with Gasteiger partial charge in [0.2, 0.25) is 5.91 Å². The minimum atomic E-state index is -0.0989. The lowest BCUT2D eigenvalue weighted by Crippen LogP contribution is -2.32. The van der Waals surface area contributed by atoms with E-state index in [0.717, 1.165) is 17.0 Å². The molecule has 2 atom stereocenters. The van der Waals surface area contributed by atoms with Crippen molar-refractivity contribution in [2.75, 3.05) is 6.61 Å². The van der Waals surface area contributed by atoms with Crippen LogP contribution in [0.15, 0.2) is 36.5 Å². The van der Waals surface area contributed by atoms with Crippen LogP contribution in [-0.4, -0.2) is 22.3 Å².